The van der Waals surface area contributed by atoms with Crippen molar-refractivity contribution in [3.8, 4) is 0 Å². The first kappa shape index (κ1) is 7.10. The van der Waals surface area contributed by atoms with Crippen LogP contribution in [0, 0.1) is 5.92 Å². The van der Waals surface area contributed by atoms with E-state index >= 15 is 0 Å². The molecule has 3 heteroatoms. The van der Waals surface area contributed by atoms with Gasteiger partial charge < -0.3 is 10.1 Å². The van der Waals surface area contributed by atoms with Crippen LogP contribution in [0.15, 0.2) is 5.16 Å². The summed E-state index contributed by atoms with van der Waals surface area (Å²) in [7, 11) is 0. The lowest BCUT2D eigenvalue weighted by atomic mass is 9.94. The Balaban J connectivity index is 2.15. The van der Waals surface area contributed by atoms with E-state index < -0.39 is 0 Å². The van der Waals surface area contributed by atoms with Crippen molar-refractivity contribution in [1.29, 1.82) is 0 Å². The van der Waals surface area contributed by atoms with E-state index in [1.165, 1.54) is 25.9 Å². The molecule has 1 N–H and O–H groups in total. The van der Waals surface area contributed by atoms with Crippen LogP contribution in [0.2, 0.25) is 0 Å². The van der Waals surface area contributed by atoms with Gasteiger partial charge >= 0.3 is 0 Å². The molecule has 62 valence electrons. The van der Waals surface area contributed by atoms with Gasteiger partial charge in [0.2, 0.25) is 0 Å². The smallest absolute Gasteiger partial charge is 0.0615 e. The molecule has 3 nitrogen and oxygen atoms in total. The quantitative estimate of drug-likeness (QED) is 0.416. The molecule has 0 spiro atoms. The lowest BCUT2D eigenvalue weighted by Gasteiger charge is -2.25. The second-order valence-electron chi connectivity index (χ2n) is 3.46. The van der Waals surface area contributed by atoms with Crippen molar-refractivity contribution in [3.63, 3.8) is 0 Å². The Labute approximate surface area is 66.7 Å². The van der Waals surface area contributed by atoms with Crippen molar-refractivity contribution in [2.24, 2.45) is 11.1 Å². The van der Waals surface area contributed by atoms with Gasteiger partial charge in [-0.3, -0.25) is 0 Å². The zero-order chi connectivity index (χ0) is 7.68. The van der Waals surface area contributed by atoms with E-state index in [9.17, 15) is 0 Å². The zero-order valence-electron chi connectivity index (χ0n) is 6.66. The third-order valence-corrected chi connectivity index (χ3v) is 2.87. The predicted octanol–water partition coefficient (Wildman–Crippen LogP) is 0.932. The van der Waals surface area contributed by atoms with Crippen LogP contribution in [0.25, 0.3) is 0 Å². The van der Waals surface area contributed by atoms with E-state index in [1.54, 1.807) is 0 Å². The molecule has 0 unspecified atom stereocenters. The minimum absolute atomic E-state index is 0.582. The van der Waals surface area contributed by atoms with E-state index in [-0.39, 0.29) is 0 Å². The molecule has 0 amide bonds. The fourth-order valence-corrected chi connectivity index (χ4v) is 2.10. The average molecular weight is 154 g/mol. The van der Waals surface area contributed by atoms with Crippen LogP contribution >= 0.6 is 0 Å². The first-order chi connectivity index (χ1) is 5.40. The van der Waals surface area contributed by atoms with Crippen LogP contribution in [-0.2, 0) is 0 Å². The lowest BCUT2D eigenvalue weighted by Crippen LogP contribution is -2.30. The van der Waals surface area contributed by atoms with Crippen LogP contribution in [0.4, 0.5) is 0 Å². The Kier molecular flexibility index (Phi) is 1.82. The largest absolute Gasteiger partial charge is 0.411 e. The maximum Gasteiger partial charge on any atom is 0.0615 e. The number of rotatable bonds is 0. The summed E-state index contributed by atoms with van der Waals surface area (Å²) in [6, 6.07) is 0. The van der Waals surface area contributed by atoms with Gasteiger partial charge in [-0.2, -0.15) is 0 Å². The molecule has 0 aromatic carbocycles. The molecule has 3 aliphatic heterocycles. The molecule has 0 radical (unpaired) electrons. The first-order valence-electron chi connectivity index (χ1n) is 4.33. The minimum Gasteiger partial charge on any atom is -0.411 e. The van der Waals surface area contributed by atoms with Gasteiger partial charge in [0.05, 0.1) is 5.71 Å². The number of hydrogen-bond acceptors (Lipinski definition) is 3. The van der Waals surface area contributed by atoms with Crippen molar-refractivity contribution in [1.82, 2.24) is 4.90 Å². The minimum atomic E-state index is 0.582. The van der Waals surface area contributed by atoms with Crippen LogP contribution in [0.3, 0.4) is 0 Å². The highest BCUT2D eigenvalue weighted by Crippen LogP contribution is 2.24. The third-order valence-electron chi connectivity index (χ3n) is 2.87. The average Bonchev–Trinajstić information content (AvgIpc) is 2.36. The van der Waals surface area contributed by atoms with Crippen LogP contribution in [-0.4, -0.2) is 35.5 Å². The Morgan fingerprint density at radius 2 is 2.00 bits per heavy atom. The van der Waals surface area contributed by atoms with E-state index in [0.717, 1.165) is 18.7 Å². The van der Waals surface area contributed by atoms with Gasteiger partial charge in [-0.1, -0.05) is 5.16 Å². The summed E-state index contributed by atoms with van der Waals surface area (Å²) in [4.78, 5) is 2.45. The van der Waals surface area contributed by atoms with Gasteiger partial charge in [-0.05, 0) is 25.9 Å². The summed E-state index contributed by atoms with van der Waals surface area (Å²) in [6.07, 6.45) is 3.36. The molecule has 2 bridgehead atoms. The molecular formula is C8H14N2O. The Morgan fingerprint density at radius 3 is 2.64 bits per heavy atom. The monoisotopic (exact) mass is 154 g/mol. The molecular weight excluding hydrogens is 140 g/mol. The lowest BCUT2D eigenvalue weighted by molar-refractivity contribution is 0.232. The van der Waals surface area contributed by atoms with Crippen molar-refractivity contribution < 1.29 is 5.21 Å². The molecule has 11 heavy (non-hydrogen) atoms. The standard InChI is InChI=1S/C8H14N2O/c11-9-8-3-6-10-4-1-7(8)2-5-10/h7,11H,1-6H2/b9-8-. The number of hydrogen-bond donors (Lipinski definition) is 1. The summed E-state index contributed by atoms with van der Waals surface area (Å²) in [5, 5.41) is 12.1. The maximum atomic E-state index is 8.71. The normalized spacial score (nSPS) is 40.9. The van der Waals surface area contributed by atoms with Crippen LogP contribution < -0.4 is 0 Å². The number of oxime groups is 1. The summed E-state index contributed by atoms with van der Waals surface area (Å²) in [5.74, 6) is 0.582. The molecule has 0 aromatic rings. The number of fused-ring (bicyclic) bond motifs is 4. The molecule has 0 atom stereocenters. The van der Waals surface area contributed by atoms with Crippen LogP contribution in [0.1, 0.15) is 19.3 Å². The van der Waals surface area contributed by atoms with Crippen LogP contribution in [0.5, 0.6) is 0 Å². The van der Waals surface area contributed by atoms with E-state index in [4.69, 9.17) is 5.21 Å². The Hall–Kier alpha value is -0.570. The molecule has 3 heterocycles. The summed E-state index contributed by atoms with van der Waals surface area (Å²) < 4.78 is 0. The Morgan fingerprint density at radius 1 is 1.27 bits per heavy atom. The molecule has 3 saturated heterocycles. The highest BCUT2D eigenvalue weighted by molar-refractivity contribution is 5.86. The van der Waals surface area contributed by atoms with E-state index in [0.29, 0.717) is 5.92 Å². The summed E-state index contributed by atoms with van der Waals surface area (Å²) >= 11 is 0. The van der Waals surface area contributed by atoms with Crippen molar-refractivity contribution in [3.05, 3.63) is 0 Å². The molecule has 0 aliphatic carbocycles. The first-order valence-corrected chi connectivity index (χ1v) is 4.33. The van der Waals surface area contributed by atoms with Gasteiger partial charge in [-0.25, -0.2) is 0 Å². The van der Waals surface area contributed by atoms with Gasteiger partial charge in [0.25, 0.3) is 0 Å². The van der Waals surface area contributed by atoms with Gasteiger partial charge in [-0.15, -0.1) is 0 Å². The second-order valence-corrected chi connectivity index (χ2v) is 3.46. The highest BCUT2D eigenvalue weighted by Gasteiger charge is 2.27. The number of nitrogens with zero attached hydrogens (tertiary/aromatic N) is 2. The molecule has 3 rings (SSSR count). The summed E-state index contributed by atoms with van der Waals surface area (Å²) in [5.41, 5.74) is 1.03. The Bertz CT molecular complexity index is 171. The molecule has 0 aromatic heterocycles. The SMILES string of the molecule is O/N=C1/CCN2CCC1CC2. The fraction of sp³-hybridized carbons (Fsp3) is 0.875. The highest BCUT2D eigenvalue weighted by atomic mass is 16.4. The topological polar surface area (TPSA) is 35.8 Å². The third kappa shape index (κ3) is 1.25. The molecule has 3 fully saturated rings. The van der Waals surface area contributed by atoms with Gasteiger partial charge in [0.15, 0.2) is 0 Å². The fourth-order valence-electron chi connectivity index (χ4n) is 2.10. The van der Waals surface area contributed by atoms with Gasteiger partial charge in [0.1, 0.15) is 0 Å². The van der Waals surface area contributed by atoms with Gasteiger partial charge in [0, 0.05) is 18.9 Å². The summed E-state index contributed by atoms with van der Waals surface area (Å²) in [6.45, 7) is 3.49. The van der Waals surface area contributed by atoms with E-state index in [2.05, 4.69) is 10.1 Å². The van der Waals surface area contributed by atoms with E-state index in [1.807, 2.05) is 0 Å². The second kappa shape index (κ2) is 2.81. The van der Waals surface area contributed by atoms with Crippen molar-refractivity contribution in [2.75, 3.05) is 19.6 Å². The number of piperidine rings is 1. The molecule has 3 aliphatic rings. The zero-order valence-corrected chi connectivity index (χ0v) is 6.66. The predicted molar refractivity (Wildman–Crippen MR) is 43.0 cm³/mol. The van der Waals surface area contributed by atoms with Crippen molar-refractivity contribution in [2.45, 2.75) is 19.3 Å². The maximum absolute atomic E-state index is 8.71. The van der Waals surface area contributed by atoms with Crippen molar-refractivity contribution >= 4 is 5.71 Å². The molecule has 0 saturated carbocycles.